The number of nitrogen functional groups attached to an aromatic ring is 1. The van der Waals surface area contributed by atoms with Gasteiger partial charge in [-0.15, -0.1) is 0 Å². The molecule has 0 bridgehead atoms. The maximum atomic E-state index is 13.3. The largest absolute Gasteiger partial charge is 0.494 e. The fraction of sp³-hybridized carbons (Fsp3) is 0.185. The lowest BCUT2D eigenvalue weighted by atomic mass is 10.1. The fourth-order valence-electron chi connectivity index (χ4n) is 7.73. The molecule has 8 rings (SSSR count). The van der Waals surface area contributed by atoms with Crippen LogP contribution in [0, 0.1) is 24.0 Å². The first-order chi connectivity index (χ1) is 34.7. The number of nitrogens with two attached hydrogens (primary N) is 1. The van der Waals surface area contributed by atoms with Gasteiger partial charge in [0.15, 0.2) is 29.5 Å². The number of fused-ring (bicyclic) bond motifs is 2. The van der Waals surface area contributed by atoms with Crippen LogP contribution in [-0.4, -0.2) is 64.2 Å². The summed E-state index contributed by atoms with van der Waals surface area (Å²) in [7, 11) is -14.9. The highest BCUT2D eigenvalue weighted by Crippen LogP contribution is 2.32. The molecule has 2 N–H and O–H groups in total. The molecule has 380 valence electrons. The van der Waals surface area contributed by atoms with Crippen molar-refractivity contribution in [1.29, 1.82) is 0 Å². The molecule has 0 atom stereocenters. The van der Waals surface area contributed by atoms with Crippen LogP contribution in [0.2, 0.25) is 0 Å². The van der Waals surface area contributed by atoms with Crippen molar-refractivity contribution in [3.63, 3.8) is 0 Å². The zero-order valence-corrected chi connectivity index (χ0v) is 43.1. The Morgan fingerprint density at radius 3 is 1.51 bits per heavy atom. The molecule has 0 heterocycles. The van der Waals surface area contributed by atoms with Crippen LogP contribution in [0.5, 0.6) is 11.5 Å². The van der Waals surface area contributed by atoms with Gasteiger partial charge in [-0.1, -0.05) is 108 Å². The molecule has 0 radical (unpaired) electrons. The molecule has 0 spiro atoms. The number of benzene rings is 8. The fourth-order valence-corrected chi connectivity index (χ4v) is 13.2. The maximum absolute atomic E-state index is 13.3. The van der Waals surface area contributed by atoms with E-state index in [1.54, 1.807) is 109 Å². The van der Waals surface area contributed by atoms with E-state index < -0.39 is 50.3 Å². The molecular formula is C54H52N2O13S4. The number of sulfone groups is 3. The number of nitrogens with zero attached hydrogens (tertiary/aromatic N) is 1. The number of nitro groups is 1. The second kappa shape index (κ2) is 23.2. The summed E-state index contributed by atoms with van der Waals surface area (Å²) in [5, 5.41) is 14.4. The lowest BCUT2D eigenvalue weighted by molar-refractivity contribution is -0.385. The number of aryl methyl sites for hydroxylation is 2. The Labute approximate surface area is 425 Å². The third-order valence-corrected chi connectivity index (χ3v) is 18.1. The van der Waals surface area contributed by atoms with Crippen molar-refractivity contribution >= 4 is 72.5 Å². The highest BCUT2D eigenvalue weighted by atomic mass is 32.2. The molecule has 8 aromatic rings. The van der Waals surface area contributed by atoms with Gasteiger partial charge < -0.3 is 15.2 Å². The van der Waals surface area contributed by atoms with Crippen molar-refractivity contribution < 1.29 is 52.3 Å². The first kappa shape index (κ1) is 53.6. The third-order valence-electron chi connectivity index (χ3n) is 11.5. The highest BCUT2D eigenvalue weighted by Gasteiger charge is 2.25. The second-order valence-corrected chi connectivity index (χ2v) is 24.6. The van der Waals surface area contributed by atoms with E-state index in [0.717, 1.165) is 21.9 Å². The van der Waals surface area contributed by atoms with Crippen LogP contribution in [-0.2, 0) is 55.3 Å². The van der Waals surface area contributed by atoms with E-state index >= 15 is 0 Å². The molecule has 15 nitrogen and oxygen atoms in total. The lowest BCUT2D eigenvalue weighted by Gasteiger charge is -2.12. The van der Waals surface area contributed by atoms with Crippen molar-refractivity contribution in [3.05, 3.63) is 202 Å². The Kier molecular flexibility index (Phi) is 17.0. The van der Waals surface area contributed by atoms with Gasteiger partial charge in [0.05, 0.1) is 61.6 Å². The van der Waals surface area contributed by atoms with Crippen LogP contribution in [0.4, 0.5) is 11.4 Å². The minimum Gasteiger partial charge on any atom is -0.494 e. The average Bonchev–Trinajstić information content (AvgIpc) is 3.36. The summed E-state index contributed by atoms with van der Waals surface area (Å²) in [5.74, 6) is -0.249. The molecule has 0 aliphatic heterocycles. The number of hydrogen-bond donors (Lipinski definition) is 1. The maximum Gasteiger partial charge on any atom is 0.296 e. The van der Waals surface area contributed by atoms with E-state index in [1.807, 2.05) is 38.1 Å². The molecule has 73 heavy (non-hydrogen) atoms. The predicted molar refractivity (Wildman–Crippen MR) is 281 cm³/mol. The van der Waals surface area contributed by atoms with Gasteiger partial charge in [0.1, 0.15) is 11.5 Å². The summed E-state index contributed by atoms with van der Waals surface area (Å²) in [6, 6.07) is 46.2. The van der Waals surface area contributed by atoms with Gasteiger partial charge in [-0.25, -0.2) is 25.3 Å². The number of rotatable bonds is 20. The summed E-state index contributed by atoms with van der Waals surface area (Å²) in [5.41, 5.74) is 8.42. The van der Waals surface area contributed by atoms with Crippen LogP contribution in [0.15, 0.2) is 189 Å². The number of anilines is 1. The third kappa shape index (κ3) is 13.9. The molecule has 0 amide bonds. The van der Waals surface area contributed by atoms with Crippen molar-refractivity contribution in [2.24, 2.45) is 0 Å². The lowest BCUT2D eigenvalue weighted by Crippen LogP contribution is -2.11. The van der Waals surface area contributed by atoms with Gasteiger partial charge in [-0.3, -0.25) is 14.3 Å². The molecule has 0 aromatic heterocycles. The molecule has 8 aromatic carbocycles. The van der Waals surface area contributed by atoms with Crippen molar-refractivity contribution in [3.8, 4) is 11.5 Å². The normalized spacial score (nSPS) is 12.0. The van der Waals surface area contributed by atoms with Gasteiger partial charge in [0.25, 0.3) is 15.8 Å². The topological polar surface area (TPSA) is 233 Å². The quantitative estimate of drug-likeness (QED) is 0.0246. The summed E-state index contributed by atoms with van der Waals surface area (Å²) < 4.78 is 119. The Morgan fingerprint density at radius 1 is 0.493 bits per heavy atom. The van der Waals surface area contributed by atoms with E-state index in [-0.39, 0.29) is 74.3 Å². The Balaban J connectivity index is 0.000000214. The van der Waals surface area contributed by atoms with Gasteiger partial charge in [-0.05, 0) is 103 Å². The van der Waals surface area contributed by atoms with E-state index in [1.165, 1.54) is 36.4 Å². The predicted octanol–water partition coefficient (Wildman–Crippen LogP) is 10.2. The number of hydrogen-bond acceptors (Lipinski definition) is 14. The number of nitro benzene ring substituents is 1. The molecule has 19 heteroatoms. The average molecular weight is 1070 g/mol. The van der Waals surface area contributed by atoms with Gasteiger partial charge in [-0.2, -0.15) is 8.42 Å². The first-order valence-electron chi connectivity index (χ1n) is 22.8. The molecule has 0 unspecified atom stereocenters. The van der Waals surface area contributed by atoms with Crippen LogP contribution in [0.3, 0.4) is 0 Å². The van der Waals surface area contributed by atoms with E-state index in [9.17, 15) is 43.8 Å². The summed E-state index contributed by atoms with van der Waals surface area (Å²) in [4.78, 5) is 11.6. The first-order valence-corrected chi connectivity index (χ1v) is 29.2. The Morgan fingerprint density at radius 2 is 0.959 bits per heavy atom. The molecule has 0 saturated heterocycles. The minimum atomic E-state index is -3.93. The minimum absolute atomic E-state index is 0.0152. The highest BCUT2D eigenvalue weighted by molar-refractivity contribution is 7.91. The zero-order valence-electron chi connectivity index (χ0n) is 39.8. The zero-order chi connectivity index (χ0) is 52.4. The van der Waals surface area contributed by atoms with Crippen molar-refractivity contribution in [1.82, 2.24) is 0 Å². The molecule has 0 fully saturated rings. The SMILES string of the molecule is Cc1ccc(S(=O)(=O)CCCOc2ccc(N)c(CS(=O)(=O)c3cccc4ccccc34)c2)cc1.Cc1ccc(S(=O)(=O)OCCCOc2ccc([N+](=O)[O-])c(CS(=O)(=O)c3cccc4ccccc34)c2)cc1. The molecule has 0 aliphatic rings. The van der Waals surface area contributed by atoms with E-state index in [2.05, 4.69) is 0 Å². The summed E-state index contributed by atoms with van der Waals surface area (Å²) in [6.07, 6.45) is 0.510. The van der Waals surface area contributed by atoms with E-state index in [0.29, 0.717) is 34.2 Å². The Hall–Kier alpha value is -7.16. The van der Waals surface area contributed by atoms with Crippen LogP contribution in [0.1, 0.15) is 35.1 Å². The molecular weight excluding hydrogens is 1010 g/mol. The van der Waals surface area contributed by atoms with Crippen LogP contribution in [0.25, 0.3) is 21.5 Å². The summed E-state index contributed by atoms with van der Waals surface area (Å²) >= 11 is 0. The van der Waals surface area contributed by atoms with Crippen LogP contribution < -0.4 is 15.2 Å². The smallest absolute Gasteiger partial charge is 0.296 e. The van der Waals surface area contributed by atoms with Crippen molar-refractivity contribution in [2.45, 2.75) is 57.8 Å². The van der Waals surface area contributed by atoms with Gasteiger partial charge >= 0.3 is 0 Å². The number of ether oxygens (including phenoxy) is 2. The molecule has 0 aliphatic carbocycles. The van der Waals surface area contributed by atoms with Gasteiger partial charge in [0.2, 0.25) is 0 Å². The van der Waals surface area contributed by atoms with E-state index in [4.69, 9.17) is 19.4 Å². The van der Waals surface area contributed by atoms with Gasteiger partial charge in [0, 0.05) is 34.5 Å². The second-order valence-electron chi connectivity index (χ2n) is 17.0. The monoisotopic (exact) mass is 1060 g/mol. The van der Waals surface area contributed by atoms with Crippen LogP contribution >= 0.6 is 0 Å². The van der Waals surface area contributed by atoms with Crippen molar-refractivity contribution in [2.75, 3.05) is 31.3 Å². The summed E-state index contributed by atoms with van der Waals surface area (Å²) in [6.45, 7) is 3.84. The standard InChI is InChI=1S/C27H25NO8S2.C27H27NO5S2/c1-20-10-13-24(14-11-20)38(33,34)36-17-5-16-35-23-12-15-26(28(29)30)22(18-23)19-37(31,32)27-9-4-7-21-6-2-3-8-25(21)27;1-20-10-13-24(14-11-20)34(29,30)17-5-16-33-23-12-15-26(28)22(18-23)19-35(31,32)27-9-4-7-21-6-2-3-8-25(21)27/h2-4,6-15,18H,5,16-17,19H2,1H3;2-4,6-15,18H,5,16-17,19,28H2,1H3. The molecule has 0 saturated carbocycles. The Bertz CT molecular complexity index is 3730.